The van der Waals surface area contributed by atoms with Crippen LogP contribution in [-0.2, 0) is 11.2 Å². The fourth-order valence-corrected chi connectivity index (χ4v) is 1.04. The highest BCUT2D eigenvalue weighted by Gasteiger charge is 2.08. The molecule has 0 aromatic carbocycles. The van der Waals surface area contributed by atoms with E-state index in [0.717, 1.165) is 0 Å². The SMILES string of the molecule is COc1c(CC(N)=O)[nH]ccc1=O. The van der Waals surface area contributed by atoms with Crippen molar-refractivity contribution in [2.75, 3.05) is 7.11 Å². The van der Waals surface area contributed by atoms with Crippen molar-refractivity contribution < 1.29 is 9.53 Å². The lowest BCUT2D eigenvalue weighted by Crippen LogP contribution is -2.18. The molecule has 0 atom stereocenters. The average Bonchev–Trinajstić information content (AvgIpc) is 2.03. The molecule has 0 fully saturated rings. The van der Waals surface area contributed by atoms with E-state index in [4.69, 9.17) is 10.5 Å². The Morgan fingerprint density at radius 1 is 1.69 bits per heavy atom. The highest BCUT2D eigenvalue weighted by molar-refractivity contribution is 5.76. The number of primary amides is 1. The molecule has 1 aromatic heterocycles. The zero-order chi connectivity index (χ0) is 9.84. The first-order valence-corrected chi connectivity index (χ1v) is 3.68. The van der Waals surface area contributed by atoms with Gasteiger partial charge < -0.3 is 15.5 Å². The summed E-state index contributed by atoms with van der Waals surface area (Å²) >= 11 is 0. The van der Waals surface area contributed by atoms with Crippen molar-refractivity contribution in [2.24, 2.45) is 5.73 Å². The van der Waals surface area contributed by atoms with Gasteiger partial charge in [0.25, 0.3) is 0 Å². The molecule has 70 valence electrons. The van der Waals surface area contributed by atoms with Gasteiger partial charge in [-0.1, -0.05) is 0 Å². The smallest absolute Gasteiger partial charge is 0.223 e. The Bertz CT molecular complexity index is 370. The molecule has 1 aromatic rings. The summed E-state index contributed by atoms with van der Waals surface area (Å²) in [7, 11) is 1.37. The molecule has 1 heterocycles. The molecule has 1 rings (SSSR count). The Morgan fingerprint density at radius 3 is 2.92 bits per heavy atom. The molecule has 0 aliphatic heterocycles. The molecular weight excluding hydrogens is 172 g/mol. The van der Waals surface area contributed by atoms with E-state index < -0.39 is 5.91 Å². The third-order valence-electron chi connectivity index (χ3n) is 1.55. The highest BCUT2D eigenvalue weighted by atomic mass is 16.5. The summed E-state index contributed by atoms with van der Waals surface area (Å²) in [6.45, 7) is 0. The van der Waals surface area contributed by atoms with Gasteiger partial charge in [-0.3, -0.25) is 9.59 Å². The summed E-state index contributed by atoms with van der Waals surface area (Å²) in [6.07, 6.45) is 1.42. The topological polar surface area (TPSA) is 85.2 Å². The summed E-state index contributed by atoms with van der Waals surface area (Å²) in [6, 6.07) is 1.32. The Balaban J connectivity index is 3.12. The van der Waals surface area contributed by atoms with Gasteiger partial charge in [-0.15, -0.1) is 0 Å². The second kappa shape index (κ2) is 3.75. The van der Waals surface area contributed by atoms with Crippen LogP contribution in [-0.4, -0.2) is 18.0 Å². The third kappa shape index (κ3) is 2.08. The van der Waals surface area contributed by atoms with Crippen molar-refractivity contribution in [1.82, 2.24) is 4.98 Å². The van der Waals surface area contributed by atoms with E-state index in [-0.39, 0.29) is 17.6 Å². The molecule has 0 aliphatic rings. The predicted octanol–water partition coefficient (Wildman–Crippen LogP) is -0.589. The van der Waals surface area contributed by atoms with Crippen LogP contribution in [0.25, 0.3) is 0 Å². The molecule has 0 saturated heterocycles. The number of methoxy groups -OCH3 is 1. The van der Waals surface area contributed by atoms with Crippen molar-refractivity contribution in [2.45, 2.75) is 6.42 Å². The number of hydrogen-bond acceptors (Lipinski definition) is 3. The monoisotopic (exact) mass is 182 g/mol. The second-order valence-corrected chi connectivity index (χ2v) is 2.50. The molecule has 0 bridgehead atoms. The highest BCUT2D eigenvalue weighted by Crippen LogP contribution is 2.08. The molecule has 0 aliphatic carbocycles. The summed E-state index contributed by atoms with van der Waals surface area (Å²) in [5.74, 6) is -0.374. The maximum atomic E-state index is 11.2. The first-order chi connectivity index (χ1) is 6.15. The minimum absolute atomic E-state index is 0.0285. The molecule has 0 radical (unpaired) electrons. The molecule has 0 unspecified atom stereocenters. The normalized spacial score (nSPS) is 9.62. The van der Waals surface area contributed by atoms with Gasteiger partial charge in [-0.2, -0.15) is 0 Å². The largest absolute Gasteiger partial charge is 0.491 e. The molecule has 5 nitrogen and oxygen atoms in total. The van der Waals surface area contributed by atoms with E-state index >= 15 is 0 Å². The van der Waals surface area contributed by atoms with Crippen LogP contribution in [0.1, 0.15) is 5.69 Å². The lowest BCUT2D eigenvalue weighted by Gasteiger charge is -2.04. The van der Waals surface area contributed by atoms with Crippen molar-refractivity contribution in [3.8, 4) is 5.75 Å². The van der Waals surface area contributed by atoms with Gasteiger partial charge >= 0.3 is 0 Å². The van der Waals surface area contributed by atoms with E-state index in [1.165, 1.54) is 19.4 Å². The number of rotatable bonds is 3. The van der Waals surface area contributed by atoms with Gasteiger partial charge in [-0.25, -0.2) is 0 Å². The molecule has 0 saturated carbocycles. The molecule has 0 spiro atoms. The average molecular weight is 182 g/mol. The van der Waals surface area contributed by atoms with Crippen molar-refractivity contribution in [3.63, 3.8) is 0 Å². The number of H-pyrrole nitrogens is 1. The predicted molar refractivity (Wildman–Crippen MR) is 46.5 cm³/mol. The van der Waals surface area contributed by atoms with Gasteiger partial charge in [-0.05, 0) is 0 Å². The number of aromatic nitrogens is 1. The van der Waals surface area contributed by atoms with Crippen LogP contribution < -0.4 is 15.9 Å². The van der Waals surface area contributed by atoms with Crippen LogP contribution in [0.2, 0.25) is 0 Å². The van der Waals surface area contributed by atoms with Crippen LogP contribution >= 0.6 is 0 Å². The van der Waals surface area contributed by atoms with E-state index in [0.29, 0.717) is 5.69 Å². The van der Waals surface area contributed by atoms with Crippen molar-refractivity contribution >= 4 is 5.91 Å². The van der Waals surface area contributed by atoms with E-state index in [9.17, 15) is 9.59 Å². The molecule has 3 N–H and O–H groups in total. The number of carbonyl (C=O) groups excluding carboxylic acids is 1. The summed E-state index contributed by atoms with van der Waals surface area (Å²) < 4.78 is 4.83. The Morgan fingerprint density at radius 2 is 2.38 bits per heavy atom. The van der Waals surface area contributed by atoms with Gasteiger partial charge in [0.05, 0.1) is 19.2 Å². The van der Waals surface area contributed by atoms with E-state index in [2.05, 4.69) is 4.98 Å². The lowest BCUT2D eigenvalue weighted by atomic mass is 10.2. The second-order valence-electron chi connectivity index (χ2n) is 2.50. The summed E-state index contributed by atoms with van der Waals surface area (Å²) in [4.78, 5) is 24.5. The van der Waals surface area contributed by atoms with E-state index in [1.54, 1.807) is 0 Å². The number of carbonyl (C=O) groups is 1. The quantitative estimate of drug-likeness (QED) is 0.655. The van der Waals surface area contributed by atoms with Crippen molar-refractivity contribution in [3.05, 3.63) is 28.2 Å². The summed E-state index contributed by atoms with van der Waals surface area (Å²) in [5.41, 5.74) is 5.12. The van der Waals surface area contributed by atoms with Crippen LogP contribution in [0.4, 0.5) is 0 Å². The lowest BCUT2D eigenvalue weighted by molar-refractivity contribution is -0.117. The zero-order valence-electron chi connectivity index (χ0n) is 7.16. The first kappa shape index (κ1) is 9.31. The van der Waals surface area contributed by atoms with Gasteiger partial charge in [0.2, 0.25) is 11.3 Å². The number of aromatic amines is 1. The molecule has 13 heavy (non-hydrogen) atoms. The number of pyridine rings is 1. The fraction of sp³-hybridized carbons (Fsp3) is 0.250. The minimum atomic E-state index is -0.514. The minimum Gasteiger partial charge on any atom is -0.491 e. The van der Waals surface area contributed by atoms with Crippen LogP contribution in [0.15, 0.2) is 17.1 Å². The maximum absolute atomic E-state index is 11.2. The number of hydrogen-bond donors (Lipinski definition) is 2. The fourth-order valence-electron chi connectivity index (χ4n) is 1.04. The van der Waals surface area contributed by atoms with Gasteiger partial charge in [0.15, 0.2) is 5.75 Å². The Kier molecular flexibility index (Phi) is 2.69. The van der Waals surface area contributed by atoms with Crippen molar-refractivity contribution in [1.29, 1.82) is 0 Å². The van der Waals surface area contributed by atoms with Crippen LogP contribution in [0.3, 0.4) is 0 Å². The number of nitrogens with one attached hydrogen (secondary N) is 1. The van der Waals surface area contributed by atoms with Crippen LogP contribution in [0, 0.1) is 0 Å². The maximum Gasteiger partial charge on any atom is 0.223 e. The van der Waals surface area contributed by atoms with Gasteiger partial charge in [0, 0.05) is 12.3 Å². The van der Waals surface area contributed by atoms with E-state index in [1.807, 2.05) is 0 Å². The number of nitrogens with two attached hydrogens (primary N) is 1. The number of ether oxygens (including phenoxy) is 1. The molecule has 1 amide bonds. The molecule has 5 heteroatoms. The first-order valence-electron chi connectivity index (χ1n) is 3.68. The van der Waals surface area contributed by atoms with Crippen LogP contribution in [0.5, 0.6) is 5.75 Å². The number of amides is 1. The molecular formula is C8H10N2O3. The Hall–Kier alpha value is -1.78. The summed E-state index contributed by atoms with van der Waals surface area (Å²) in [5, 5.41) is 0. The zero-order valence-corrected chi connectivity index (χ0v) is 7.16. The standard InChI is InChI=1S/C8H10N2O3/c1-13-8-5(4-7(9)12)10-3-2-6(8)11/h2-3H,4H2,1H3,(H2,9,12)(H,10,11). The van der Waals surface area contributed by atoms with Gasteiger partial charge in [0.1, 0.15) is 0 Å². The third-order valence-corrected chi connectivity index (χ3v) is 1.55. The Labute approximate surface area is 74.5 Å².